The average molecular weight is 328 g/mol. The van der Waals surface area contributed by atoms with Gasteiger partial charge in [0.1, 0.15) is 11.8 Å². The van der Waals surface area contributed by atoms with Gasteiger partial charge < -0.3 is 21.0 Å². The molecule has 7 nitrogen and oxygen atoms in total. The second-order valence-electron chi connectivity index (χ2n) is 7.04. The van der Waals surface area contributed by atoms with E-state index in [1.165, 1.54) is 6.92 Å². The van der Waals surface area contributed by atoms with Crippen LogP contribution in [0.5, 0.6) is 0 Å². The smallest absolute Gasteiger partial charge is 0.320 e. The Balaban J connectivity index is 4.68. The molecule has 0 aromatic heterocycles. The van der Waals surface area contributed by atoms with E-state index in [9.17, 15) is 19.2 Å². The van der Waals surface area contributed by atoms with Gasteiger partial charge in [-0.2, -0.15) is 0 Å². The van der Waals surface area contributed by atoms with Gasteiger partial charge in [-0.1, -0.05) is 20.8 Å². The molecule has 7 heteroatoms. The molecule has 0 saturated carbocycles. The molecule has 0 spiro atoms. The number of hydrogen-bond acceptors (Lipinski definition) is 5. The zero-order chi connectivity index (χ0) is 18.2. The number of hydrogen-bond donors (Lipinski definition) is 3. The van der Waals surface area contributed by atoms with Crippen LogP contribution < -0.4 is 11.1 Å². The van der Waals surface area contributed by atoms with Gasteiger partial charge in [-0.05, 0) is 25.2 Å². The van der Waals surface area contributed by atoms with Crippen molar-refractivity contribution in [3.63, 3.8) is 0 Å². The summed E-state index contributed by atoms with van der Waals surface area (Å²) in [6.07, 6.45) is 0.629. The number of aliphatic carboxylic acids is 1. The predicted octanol–water partition coefficient (Wildman–Crippen LogP) is 1.04. The lowest BCUT2D eigenvalue weighted by Crippen LogP contribution is -2.43. The topological polar surface area (TPSA) is 127 Å². The largest absolute Gasteiger partial charge is 0.480 e. The van der Waals surface area contributed by atoms with E-state index in [1.54, 1.807) is 0 Å². The standard InChI is InChI=1S/C16H28N2O5/c1-10(19)5-7-13(20)12(9-16(2,3)4)18-14(21)8-6-11(17)15(22)23/h11-12H,5-9,17H2,1-4H3,(H,18,21)(H,22,23). The lowest BCUT2D eigenvalue weighted by Gasteiger charge is -2.26. The summed E-state index contributed by atoms with van der Waals surface area (Å²) in [6, 6.07) is -1.78. The Morgan fingerprint density at radius 1 is 1.09 bits per heavy atom. The highest BCUT2D eigenvalue weighted by Crippen LogP contribution is 2.22. The second kappa shape index (κ2) is 9.39. The Morgan fingerprint density at radius 2 is 1.65 bits per heavy atom. The van der Waals surface area contributed by atoms with E-state index < -0.39 is 24.0 Å². The number of Topliss-reactive ketones (excluding diaryl/α,β-unsaturated/α-hetero) is 2. The summed E-state index contributed by atoms with van der Waals surface area (Å²) in [6.45, 7) is 7.26. The number of carbonyl (C=O) groups excluding carboxylic acids is 3. The molecule has 0 aliphatic carbocycles. The van der Waals surface area contributed by atoms with Crippen molar-refractivity contribution in [2.75, 3.05) is 0 Å². The van der Waals surface area contributed by atoms with Crippen molar-refractivity contribution in [1.29, 1.82) is 0 Å². The first-order chi connectivity index (χ1) is 10.4. The number of nitrogens with two attached hydrogens (primary N) is 1. The Morgan fingerprint density at radius 3 is 2.09 bits per heavy atom. The third kappa shape index (κ3) is 10.6. The average Bonchev–Trinajstić information content (AvgIpc) is 2.39. The van der Waals surface area contributed by atoms with Gasteiger partial charge in [-0.15, -0.1) is 0 Å². The van der Waals surface area contributed by atoms with E-state index in [1.807, 2.05) is 20.8 Å². The van der Waals surface area contributed by atoms with Crippen LogP contribution in [0.2, 0.25) is 0 Å². The number of carbonyl (C=O) groups is 4. The highest BCUT2D eigenvalue weighted by molar-refractivity contribution is 5.91. The van der Waals surface area contributed by atoms with Crippen LogP contribution in [-0.4, -0.2) is 40.6 Å². The van der Waals surface area contributed by atoms with Crippen LogP contribution in [0.3, 0.4) is 0 Å². The number of ketones is 2. The molecule has 0 fully saturated rings. The molecule has 0 aliphatic heterocycles. The summed E-state index contributed by atoms with van der Waals surface area (Å²) in [7, 11) is 0. The maximum absolute atomic E-state index is 12.2. The molecule has 0 saturated heterocycles. The molecule has 0 aromatic rings. The first kappa shape index (κ1) is 21.2. The third-order valence-corrected chi connectivity index (χ3v) is 3.26. The molecular formula is C16H28N2O5. The predicted molar refractivity (Wildman–Crippen MR) is 85.8 cm³/mol. The van der Waals surface area contributed by atoms with Gasteiger partial charge in [0.25, 0.3) is 0 Å². The third-order valence-electron chi connectivity index (χ3n) is 3.26. The minimum atomic E-state index is -1.17. The lowest BCUT2D eigenvalue weighted by atomic mass is 9.85. The van der Waals surface area contributed by atoms with E-state index in [2.05, 4.69) is 5.32 Å². The molecule has 0 aliphatic rings. The van der Waals surface area contributed by atoms with Crippen LogP contribution in [0.15, 0.2) is 0 Å². The minimum absolute atomic E-state index is 0.00500. The minimum Gasteiger partial charge on any atom is -0.480 e. The first-order valence-corrected chi connectivity index (χ1v) is 7.72. The van der Waals surface area contributed by atoms with Crippen molar-refractivity contribution in [3.8, 4) is 0 Å². The Labute approximate surface area is 137 Å². The molecule has 23 heavy (non-hydrogen) atoms. The summed E-state index contributed by atoms with van der Waals surface area (Å²) < 4.78 is 0. The monoisotopic (exact) mass is 328 g/mol. The van der Waals surface area contributed by atoms with Crippen molar-refractivity contribution in [2.45, 2.75) is 71.9 Å². The molecule has 132 valence electrons. The van der Waals surface area contributed by atoms with Crippen LogP contribution in [0.25, 0.3) is 0 Å². The van der Waals surface area contributed by atoms with E-state index >= 15 is 0 Å². The maximum Gasteiger partial charge on any atom is 0.320 e. The Bertz CT molecular complexity index is 454. The highest BCUT2D eigenvalue weighted by atomic mass is 16.4. The molecule has 0 radical (unpaired) electrons. The first-order valence-electron chi connectivity index (χ1n) is 7.72. The fourth-order valence-electron chi connectivity index (χ4n) is 2.01. The molecule has 0 rings (SSSR count). The van der Waals surface area contributed by atoms with Crippen LogP contribution in [-0.2, 0) is 19.2 Å². The molecule has 4 N–H and O–H groups in total. The fourth-order valence-corrected chi connectivity index (χ4v) is 2.01. The molecule has 2 unspecified atom stereocenters. The van der Waals surface area contributed by atoms with Gasteiger partial charge in [-0.3, -0.25) is 14.4 Å². The van der Waals surface area contributed by atoms with E-state index in [-0.39, 0.29) is 42.7 Å². The summed E-state index contributed by atoms with van der Waals surface area (Å²) in [5, 5.41) is 11.3. The lowest BCUT2D eigenvalue weighted by molar-refractivity contribution is -0.138. The van der Waals surface area contributed by atoms with Crippen molar-refractivity contribution >= 4 is 23.4 Å². The van der Waals surface area contributed by atoms with Crippen LogP contribution >= 0.6 is 0 Å². The quantitative estimate of drug-likeness (QED) is 0.550. The number of rotatable bonds is 10. The summed E-state index contributed by atoms with van der Waals surface area (Å²) in [4.78, 5) is 45.8. The van der Waals surface area contributed by atoms with Gasteiger partial charge in [0, 0.05) is 19.3 Å². The zero-order valence-corrected chi connectivity index (χ0v) is 14.3. The van der Waals surface area contributed by atoms with Gasteiger partial charge in [0.05, 0.1) is 6.04 Å². The van der Waals surface area contributed by atoms with Crippen molar-refractivity contribution in [2.24, 2.45) is 11.1 Å². The van der Waals surface area contributed by atoms with Crippen LogP contribution in [0.1, 0.15) is 59.8 Å². The molecule has 0 aromatic carbocycles. The van der Waals surface area contributed by atoms with Crippen molar-refractivity contribution in [3.05, 3.63) is 0 Å². The zero-order valence-electron chi connectivity index (χ0n) is 14.3. The normalized spacial score (nSPS) is 14.0. The van der Waals surface area contributed by atoms with Gasteiger partial charge in [0.2, 0.25) is 5.91 Å². The number of amides is 1. The SMILES string of the molecule is CC(=O)CCC(=O)C(CC(C)(C)C)NC(=O)CCC(N)C(=O)O. The molecular weight excluding hydrogens is 300 g/mol. The van der Waals surface area contributed by atoms with Gasteiger partial charge in [0.15, 0.2) is 5.78 Å². The van der Waals surface area contributed by atoms with Crippen molar-refractivity contribution in [1.82, 2.24) is 5.32 Å². The summed E-state index contributed by atoms with van der Waals surface area (Å²) in [5.74, 6) is -1.84. The molecule has 2 atom stereocenters. The Hall–Kier alpha value is -1.76. The van der Waals surface area contributed by atoms with Crippen LogP contribution in [0.4, 0.5) is 0 Å². The maximum atomic E-state index is 12.2. The molecule has 0 bridgehead atoms. The molecule has 1 amide bonds. The van der Waals surface area contributed by atoms with Crippen LogP contribution in [0, 0.1) is 5.41 Å². The van der Waals surface area contributed by atoms with E-state index in [4.69, 9.17) is 10.8 Å². The molecule has 0 heterocycles. The fraction of sp³-hybridized carbons (Fsp3) is 0.750. The summed E-state index contributed by atoms with van der Waals surface area (Å²) in [5.41, 5.74) is 5.17. The van der Waals surface area contributed by atoms with Crippen molar-refractivity contribution < 1.29 is 24.3 Å². The highest BCUT2D eigenvalue weighted by Gasteiger charge is 2.26. The Kier molecular flexibility index (Phi) is 8.68. The number of carboxylic acid groups (broad SMARTS) is 1. The second-order valence-corrected chi connectivity index (χ2v) is 7.04. The van der Waals surface area contributed by atoms with Gasteiger partial charge >= 0.3 is 5.97 Å². The summed E-state index contributed by atoms with van der Waals surface area (Å²) >= 11 is 0. The van der Waals surface area contributed by atoms with E-state index in [0.29, 0.717) is 6.42 Å². The number of carboxylic acids is 1. The van der Waals surface area contributed by atoms with E-state index in [0.717, 1.165) is 0 Å². The number of nitrogens with one attached hydrogen (secondary N) is 1. The van der Waals surface area contributed by atoms with Gasteiger partial charge in [-0.25, -0.2) is 0 Å².